The van der Waals surface area contributed by atoms with Gasteiger partial charge in [-0.15, -0.1) is 0 Å². The lowest BCUT2D eigenvalue weighted by Crippen LogP contribution is -2.11. The molecule has 0 unspecified atom stereocenters. The van der Waals surface area contributed by atoms with Crippen LogP contribution in [0.2, 0.25) is 0 Å². The van der Waals surface area contributed by atoms with E-state index in [1.54, 1.807) is 11.3 Å². The van der Waals surface area contributed by atoms with Gasteiger partial charge >= 0.3 is 0 Å². The largest absolute Gasteiger partial charge is 0.454 e. The minimum absolute atomic E-state index is 0.334. The van der Waals surface area contributed by atoms with E-state index in [-0.39, 0.29) is 0 Å². The molecule has 17 heavy (non-hydrogen) atoms. The molecule has 0 saturated carbocycles. The third-order valence-electron chi connectivity index (χ3n) is 2.68. The van der Waals surface area contributed by atoms with Crippen molar-refractivity contribution in [3.8, 4) is 11.5 Å². The highest BCUT2D eigenvalue weighted by molar-refractivity contribution is 7.07. The van der Waals surface area contributed by atoms with Crippen molar-refractivity contribution >= 4 is 11.3 Å². The maximum Gasteiger partial charge on any atom is 0.231 e. The van der Waals surface area contributed by atoms with Gasteiger partial charge < -0.3 is 14.8 Å². The zero-order chi connectivity index (χ0) is 11.5. The standard InChI is InChI=1S/C13H13NO2S/c1-2-12-13(16-9-15-12)5-10(1)6-14-7-11-3-4-17-8-11/h1-5,8,14H,6-7,9H2. The van der Waals surface area contributed by atoms with E-state index in [9.17, 15) is 0 Å². The molecule has 2 aromatic rings. The molecule has 1 aliphatic heterocycles. The summed E-state index contributed by atoms with van der Waals surface area (Å²) in [5.74, 6) is 1.69. The van der Waals surface area contributed by atoms with Gasteiger partial charge in [0.15, 0.2) is 11.5 Å². The number of rotatable bonds is 4. The van der Waals surface area contributed by atoms with E-state index >= 15 is 0 Å². The summed E-state index contributed by atoms with van der Waals surface area (Å²) in [5.41, 5.74) is 2.54. The monoisotopic (exact) mass is 247 g/mol. The Morgan fingerprint density at radius 3 is 2.82 bits per heavy atom. The molecule has 1 aliphatic rings. The number of benzene rings is 1. The first-order valence-electron chi connectivity index (χ1n) is 5.52. The Balaban J connectivity index is 1.58. The van der Waals surface area contributed by atoms with E-state index in [4.69, 9.17) is 9.47 Å². The molecular formula is C13H13NO2S. The van der Waals surface area contributed by atoms with Crippen LogP contribution in [0.25, 0.3) is 0 Å². The van der Waals surface area contributed by atoms with Crippen LogP contribution in [0.5, 0.6) is 11.5 Å². The molecule has 1 aromatic carbocycles. The molecule has 3 rings (SSSR count). The Bertz CT molecular complexity index is 496. The normalized spacial score (nSPS) is 12.9. The molecule has 0 spiro atoms. The minimum Gasteiger partial charge on any atom is -0.454 e. The van der Waals surface area contributed by atoms with E-state index in [2.05, 4.69) is 28.2 Å². The van der Waals surface area contributed by atoms with Crippen molar-refractivity contribution in [2.75, 3.05) is 6.79 Å². The van der Waals surface area contributed by atoms with Crippen LogP contribution < -0.4 is 14.8 Å². The van der Waals surface area contributed by atoms with E-state index in [0.717, 1.165) is 24.6 Å². The molecule has 0 atom stereocenters. The van der Waals surface area contributed by atoms with Crippen LogP contribution in [-0.4, -0.2) is 6.79 Å². The average molecular weight is 247 g/mol. The van der Waals surface area contributed by atoms with Crippen molar-refractivity contribution in [1.29, 1.82) is 0 Å². The minimum atomic E-state index is 0.334. The van der Waals surface area contributed by atoms with Crippen molar-refractivity contribution in [1.82, 2.24) is 5.32 Å². The van der Waals surface area contributed by atoms with Gasteiger partial charge in [0.05, 0.1) is 0 Å². The first-order chi connectivity index (χ1) is 8.42. The van der Waals surface area contributed by atoms with Crippen LogP contribution in [0.1, 0.15) is 11.1 Å². The Hall–Kier alpha value is -1.52. The van der Waals surface area contributed by atoms with E-state index < -0.39 is 0 Å². The van der Waals surface area contributed by atoms with Gasteiger partial charge in [-0.25, -0.2) is 0 Å². The lowest BCUT2D eigenvalue weighted by atomic mass is 10.2. The average Bonchev–Trinajstić information content (AvgIpc) is 2.98. The highest BCUT2D eigenvalue weighted by Crippen LogP contribution is 2.32. The summed E-state index contributed by atoms with van der Waals surface area (Å²) in [6.07, 6.45) is 0. The SMILES string of the molecule is c1cc(CNCc2ccc3c(c2)OCO3)cs1. The fourth-order valence-electron chi connectivity index (χ4n) is 1.80. The van der Waals surface area contributed by atoms with Crippen molar-refractivity contribution in [2.45, 2.75) is 13.1 Å². The maximum absolute atomic E-state index is 5.34. The van der Waals surface area contributed by atoms with E-state index in [1.165, 1.54) is 11.1 Å². The van der Waals surface area contributed by atoms with Crippen LogP contribution in [0, 0.1) is 0 Å². The summed E-state index contributed by atoms with van der Waals surface area (Å²) in [6, 6.07) is 8.19. The van der Waals surface area contributed by atoms with Crippen LogP contribution in [0.15, 0.2) is 35.0 Å². The second-order valence-corrected chi connectivity index (χ2v) is 4.70. The summed E-state index contributed by atoms with van der Waals surface area (Å²) in [4.78, 5) is 0. The third-order valence-corrected chi connectivity index (χ3v) is 3.41. The third kappa shape index (κ3) is 2.43. The lowest BCUT2D eigenvalue weighted by molar-refractivity contribution is 0.174. The van der Waals surface area contributed by atoms with E-state index in [1.807, 2.05) is 12.1 Å². The maximum atomic E-state index is 5.34. The fraction of sp³-hybridized carbons (Fsp3) is 0.231. The quantitative estimate of drug-likeness (QED) is 0.901. The molecule has 1 N–H and O–H groups in total. The molecule has 1 aromatic heterocycles. The topological polar surface area (TPSA) is 30.5 Å². The molecule has 3 nitrogen and oxygen atoms in total. The van der Waals surface area contributed by atoms with Gasteiger partial charge in [-0.05, 0) is 40.1 Å². The number of hydrogen-bond donors (Lipinski definition) is 1. The summed E-state index contributed by atoms with van der Waals surface area (Å²) in [5, 5.41) is 7.66. The molecule has 0 radical (unpaired) electrons. The molecule has 4 heteroatoms. The molecule has 0 bridgehead atoms. The number of hydrogen-bond acceptors (Lipinski definition) is 4. The van der Waals surface area contributed by atoms with Gasteiger partial charge in [0, 0.05) is 13.1 Å². The van der Waals surface area contributed by atoms with Gasteiger partial charge in [0.1, 0.15) is 0 Å². The Morgan fingerprint density at radius 2 is 1.94 bits per heavy atom. The van der Waals surface area contributed by atoms with Crippen LogP contribution in [-0.2, 0) is 13.1 Å². The Labute approximate surface area is 104 Å². The Kier molecular flexibility index (Phi) is 2.98. The summed E-state index contributed by atoms with van der Waals surface area (Å²) >= 11 is 1.73. The second kappa shape index (κ2) is 4.77. The smallest absolute Gasteiger partial charge is 0.231 e. The number of thiophene rings is 1. The predicted octanol–water partition coefficient (Wildman–Crippen LogP) is 2.77. The number of nitrogens with one attached hydrogen (secondary N) is 1. The molecule has 88 valence electrons. The fourth-order valence-corrected chi connectivity index (χ4v) is 2.46. The first-order valence-corrected chi connectivity index (χ1v) is 6.46. The van der Waals surface area contributed by atoms with Crippen LogP contribution in [0.4, 0.5) is 0 Å². The predicted molar refractivity (Wildman–Crippen MR) is 67.4 cm³/mol. The molecule has 0 aliphatic carbocycles. The van der Waals surface area contributed by atoms with Crippen molar-refractivity contribution in [3.63, 3.8) is 0 Å². The van der Waals surface area contributed by atoms with Gasteiger partial charge in [-0.3, -0.25) is 0 Å². The second-order valence-electron chi connectivity index (χ2n) is 3.92. The van der Waals surface area contributed by atoms with Crippen LogP contribution >= 0.6 is 11.3 Å². The molecule has 0 saturated heterocycles. The molecule has 0 amide bonds. The number of fused-ring (bicyclic) bond motifs is 1. The van der Waals surface area contributed by atoms with Crippen molar-refractivity contribution in [3.05, 3.63) is 46.2 Å². The molecular weight excluding hydrogens is 234 g/mol. The molecule has 2 heterocycles. The zero-order valence-corrected chi connectivity index (χ0v) is 10.1. The van der Waals surface area contributed by atoms with Gasteiger partial charge in [0.25, 0.3) is 0 Å². The summed E-state index contributed by atoms with van der Waals surface area (Å²) < 4.78 is 10.6. The summed E-state index contributed by atoms with van der Waals surface area (Å²) in [7, 11) is 0. The zero-order valence-electron chi connectivity index (χ0n) is 9.31. The van der Waals surface area contributed by atoms with Gasteiger partial charge in [-0.2, -0.15) is 11.3 Å². The number of ether oxygens (including phenoxy) is 2. The Morgan fingerprint density at radius 1 is 1.06 bits per heavy atom. The van der Waals surface area contributed by atoms with Gasteiger partial charge in [0.2, 0.25) is 6.79 Å². The van der Waals surface area contributed by atoms with Crippen molar-refractivity contribution in [2.24, 2.45) is 0 Å². The highest BCUT2D eigenvalue weighted by Gasteiger charge is 2.12. The highest BCUT2D eigenvalue weighted by atomic mass is 32.1. The van der Waals surface area contributed by atoms with E-state index in [0.29, 0.717) is 6.79 Å². The van der Waals surface area contributed by atoms with Gasteiger partial charge in [-0.1, -0.05) is 6.07 Å². The van der Waals surface area contributed by atoms with Crippen LogP contribution in [0.3, 0.4) is 0 Å². The van der Waals surface area contributed by atoms with Crippen molar-refractivity contribution < 1.29 is 9.47 Å². The molecule has 0 fully saturated rings. The summed E-state index contributed by atoms with van der Waals surface area (Å²) in [6.45, 7) is 2.07. The first kappa shape index (κ1) is 10.6. The lowest BCUT2D eigenvalue weighted by Gasteiger charge is -2.04.